The lowest BCUT2D eigenvalue weighted by Gasteiger charge is -2.20. The maximum absolute atomic E-state index is 3.73. The van der Waals surface area contributed by atoms with E-state index >= 15 is 0 Å². The second kappa shape index (κ2) is 5.64. The smallest absolute Gasteiger partial charge is 0.0388 e. The Balaban J connectivity index is 1.84. The molecule has 2 N–H and O–H groups in total. The lowest BCUT2D eigenvalue weighted by atomic mass is 10.1. The molecule has 1 saturated heterocycles. The molecule has 0 saturated carbocycles. The third kappa shape index (κ3) is 3.30. The molecule has 1 aromatic heterocycles. The normalized spacial score (nSPS) is 24.7. The van der Waals surface area contributed by atoms with Crippen LogP contribution in [0.2, 0.25) is 0 Å². The van der Waals surface area contributed by atoms with Gasteiger partial charge in [0, 0.05) is 17.0 Å². The largest absolute Gasteiger partial charge is 0.317 e. The number of thiophene rings is 1. The van der Waals surface area contributed by atoms with Crippen LogP contribution in [0, 0.1) is 0 Å². The van der Waals surface area contributed by atoms with Gasteiger partial charge in [-0.25, -0.2) is 0 Å². The molecule has 2 rings (SSSR count). The predicted octanol–water partition coefficient (Wildman–Crippen LogP) is 2.54. The maximum Gasteiger partial charge on any atom is 0.0388 e. The molecule has 0 aromatic carbocycles. The summed E-state index contributed by atoms with van der Waals surface area (Å²) in [4.78, 5) is 1.45. The molecule has 0 aliphatic carbocycles. The van der Waals surface area contributed by atoms with E-state index in [9.17, 15) is 0 Å². The molecule has 0 amide bonds. The van der Waals surface area contributed by atoms with Crippen LogP contribution in [0.25, 0.3) is 0 Å². The Bertz CT molecular complexity index is 263. The molecule has 3 heteroatoms. The highest BCUT2D eigenvalue weighted by Crippen LogP contribution is 2.20. The first kappa shape index (κ1) is 11.1. The Morgan fingerprint density at radius 2 is 2.40 bits per heavy atom. The SMILES string of the molecule is C[C@H](NC1CCCNCC1)c1cccs1. The summed E-state index contributed by atoms with van der Waals surface area (Å²) in [5.74, 6) is 0. The summed E-state index contributed by atoms with van der Waals surface area (Å²) < 4.78 is 0. The second-order valence-electron chi connectivity index (χ2n) is 4.28. The van der Waals surface area contributed by atoms with E-state index in [4.69, 9.17) is 0 Å². The molecule has 15 heavy (non-hydrogen) atoms. The van der Waals surface area contributed by atoms with Crippen molar-refractivity contribution in [3.63, 3.8) is 0 Å². The number of nitrogens with one attached hydrogen (secondary N) is 2. The van der Waals surface area contributed by atoms with Crippen LogP contribution in [-0.2, 0) is 0 Å². The van der Waals surface area contributed by atoms with E-state index < -0.39 is 0 Å². The zero-order valence-electron chi connectivity index (χ0n) is 9.33. The highest BCUT2D eigenvalue weighted by molar-refractivity contribution is 7.10. The first-order chi connectivity index (χ1) is 7.36. The van der Waals surface area contributed by atoms with Gasteiger partial charge in [0.25, 0.3) is 0 Å². The molecule has 1 aliphatic heterocycles. The fourth-order valence-corrected chi connectivity index (χ4v) is 2.90. The van der Waals surface area contributed by atoms with Crippen LogP contribution in [0.5, 0.6) is 0 Å². The molecule has 84 valence electrons. The molecule has 1 unspecified atom stereocenters. The first-order valence-electron chi connectivity index (χ1n) is 5.86. The van der Waals surface area contributed by atoms with Gasteiger partial charge in [-0.1, -0.05) is 6.07 Å². The van der Waals surface area contributed by atoms with E-state index in [-0.39, 0.29) is 0 Å². The highest BCUT2D eigenvalue weighted by atomic mass is 32.1. The van der Waals surface area contributed by atoms with Gasteiger partial charge in [0.15, 0.2) is 0 Å². The van der Waals surface area contributed by atoms with Gasteiger partial charge >= 0.3 is 0 Å². The predicted molar refractivity (Wildman–Crippen MR) is 66.4 cm³/mol. The van der Waals surface area contributed by atoms with Crippen LogP contribution in [0.15, 0.2) is 17.5 Å². The minimum Gasteiger partial charge on any atom is -0.317 e. The molecule has 1 aromatic rings. The van der Waals surface area contributed by atoms with Crippen LogP contribution in [0.4, 0.5) is 0 Å². The van der Waals surface area contributed by atoms with Gasteiger partial charge in [-0.3, -0.25) is 0 Å². The van der Waals surface area contributed by atoms with Crippen molar-refractivity contribution in [1.29, 1.82) is 0 Å². The van der Waals surface area contributed by atoms with Gasteiger partial charge in [0.1, 0.15) is 0 Å². The Hall–Kier alpha value is -0.380. The monoisotopic (exact) mass is 224 g/mol. The molecule has 0 spiro atoms. The molecular weight excluding hydrogens is 204 g/mol. The minimum absolute atomic E-state index is 0.507. The Kier molecular flexibility index (Phi) is 4.18. The van der Waals surface area contributed by atoms with Crippen LogP contribution in [-0.4, -0.2) is 19.1 Å². The van der Waals surface area contributed by atoms with Crippen molar-refractivity contribution in [2.45, 2.75) is 38.3 Å². The summed E-state index contributed by atoms with van der Waals surface area (Å²) in [5, 5.41) is 9.33. The molecule has 1 fully saturated rings. The fraction of sp³-hybridized carbons (Fsp3) is 0.667. The van der Waals surface area contributed by atoms with Gasteiger partial charge in [-0.2, -0.15) is 0 Å². The Morgan fingerprint density at radius 1 is 1.47 bits per heavy atom. The molecule has 2 nitrogen and oxygen atoms in total. The van der Waals surface area contributed by atoms with Gasteiger partial charge in [-0.15, -0.1) is 11.3 Å². The quantitative estimate of drug-likeness (QED) is 0.824. The number of rotatable bonds is 3. The lowest BCUT2D eigenvalue weighted by Crippen LogP contribution is -2.31. The van der Waals surface area contributed by atoms with Crippen LogP contribution in [0.3, 0.4) is 0 Å². The van der Waals surface area contributed by atoms with Crippen molar-refractivity contribution in [1.82, 2.24) is 10.6 Å². The lowest BCUT2D eigenvalue weighted by molar-refractivity contribution is 0.424. The van der Waals surface area contributed by atoms with Crippen LogP contribution in [0.1, 0.15) is 37.1 Å². The molecule has 0 bridgehead atoms. The van der Waals surface area contributed by atoms with E-state index in [1.165, 1.54) is 30.7 Å². The average molecular weight is 224 g/mol. The van der Waals surface area contributed by atoms with Gasteiger partial charge in [0.05, 0.1) is 0 Å². The summed E-state index contributed by atoms with van der Waals surface area (Å²) in [7, 11) is 0. The third-order valence-electron chi connectivity index (χ3n) is 3.03. The second-order valence-corrected chi connectivity index (χ2v) is 5.26. The average Bonchev–Trinajstić information content (AvgIpc) is 2.65. The number of hydrogen-bond acceptors (Lipinski definition) is 3. The van der Waals surface area contributed by atoms with E-state index in [1.54, 1.807) is 0 Å². The topological polar surface area (TPSA) is 24.1 Å². The minimum atomic E-state index is 0.507. The molecule has 2 heterocycles. The zero-order valence-corrected chi connectivity index (χ0v) is 10.1. The number of hydrogen-bond donors (Lipinski definition) is 2. The summed E-state index contributed by atoms with van der Waals surface area (Å²) in [6.07, 6.45) is 3.87. The standard InChI is InChI=1S/C12H20N2S/c1-10(12-5-3-9-15-12)14-11-4-2-7-13-8-6-11/h3,5,9-11,13-14H,2,4,6-8H2,1H3/t10-,11?/m0/s1. The Morgan fingerprint density at radius 3 is 3.20 bits per heavy atom. The maximum atomic E-state index is 3.73. The highest BCUT2D eigenvalue weighted by Gasteiger charge is 2.15. The van der Waals surface area contributed by atoms with Crippen molar-refractivity contribution in [2.24, 2.45) is 0 Å². The van der Waals surface area contributed by atoms with Crippen molar-refractivity contribution in [2.75, 3.05) is 13.1 Å². The van der Waals surface area contributed by atoms with Gasteiger partial charge in [-0.05, 0) is 50.7 Å². The van der Waals surface area contributed by atoms with E-state index in [0.29, 0.717) is 12.1 Å². The van der Waals surface area contributed by atoms with Gasteiger partial charge < -0.3 is 10.6 Å². The van der Waals surface area contributed by atoms with E-state index in [2.05, 4.69) is 35.1 Å². The molecule has 2 atom stereocenters. The zero-order chi connectivity index (χ0) is 10.5. The first-order valence-corrected chi connectivity index (χ1v) is 6.74. The Labute approximate surface area is 96.1 Å². The molecular formula is C12H20N2S. The van der Waals surface area contributed by atoms with E-state index in [1.807, 2.05) is 11.3 Å². The fourth-order valence-electron chi connectivity index (χ4n) is 2.16. The third-order valence-corrected chi connectivity index (χ3v) is 4.09. The van der Waals surface area contributed by atoms with Crippen molar-refractivity contribution in [3.05, 3.63) is 22.4 Å². The summed E-state index contributed by atoms with van der Waals surface area (Å²) >= 11 is 1.85. The van der Waals surface area contributed by atoms with Crippen LogP contribution >= 0.6 is 11.3 Å². The summed E-state index contributed by atoms with van der Waals surface area (Å²) in [6.45, 7) is 4.62. The van der Waals surface area contributed by atoms with Crippen molar-refractivity contribution in [3.8, 4) is 0 Å². The molecule has 0 radical (unpaired) electrons. The summed E-state index contributed by atoms with van der Waals surface area (Å²) in [5.41, 5.74) is 0. The van der Waals surface area contributed by atoms with E-state index in [0.717, 1.165) is 6.54 Å². The van der Waals surface area contributed by atoms with Crippen molar-refractivity contribution >= 4 is 11.3 Å². The van der Waals surface area contributed by atoms with Crippen LogP contribution < -0.4 is 10.6 Å². The summed E-state index contributed by atoms with van der Waals surface area (Å²) in [6, 6.07) is 5.55. The molecule has 1 aliphatic rings. The van der Waals surface area contributed by atoms with Crippen molar-refractivity contribution < 1.29 is 0 Å². The van der Waals surface area contributed by atoms with Gasteiger partial charge in [0.2, 0.25) is 0 Å².